The van der Waals surface area contributed by atoms with Crippen molar-refractivity contribution >= 4 is 23.1 Å². The number of hydrogen-bond donors (Lipinski definition) is 1. The van der Waals surface area contributed by atoms with Gasteiger partial charge in [-0.1, -0.05) is 23.7 Å². The van der Waals surface area contributed by atoms with Crippen LogP contribution >= 0.6 is 11.6 Å². The fourth-order valence-corrected chi connectivity index (χ4v) is 3.18. The van der Waals surface area contributed by atoms with Crippen LogP contribution in [0.3, 0.4) is 0 Å². The van der Waals surface area contributed by atoms with Gasteiger partial charge >= 0.3 is 0 Å². The van der Waals surface area contributed by atoms with Crippen molar-refractivity contribution < 1.29 is 9.90 Å². The van der Waals surface area contributed by atoms with Gasteiger partial charge in [0.05, 0.1) is 6.10 Å². The van der Waals surface area contributed by atoms with Gasteiger partial charge in [-0.15, -0.1) is 0 Å². The van der Waals surface area contributed by atoms with E-state index in [1.165, 1.54) is 11.3 Å². The Morgan fingerprint density at radius 2 is 2.00 bits per heavy atom. The number of fused-ring (bicyclic) bond motifs is 1. The van der Waals surface area contributed by atoms with Gasteiger partial charge in [-0.2, -0.15) is 0 Å². The third-order valence-electron chi connectivity index (χ3n) is 4.41. The molecule has 0 saturated heterocycles. The normalized spacial score (nSPS) is 14.7. The second kappa shape index (κ2) is 6.73. The van der Waals surface area contributed by atoms with Gasteiger partial charge in [0.1, 0.15) is 0 Å². The number of halogens is 1. The average molecular weight is 330 g/mol. The minimum absolute atomic E-state index is 0.101. The van der Waals surface area contributed by atoms with E-state index in [1.54, 1.807) is 19.1 Å². The van der Waals surface area contributed by atoms with Crippen LogP contribution in [0.25, 0.3) is 0 Å². The SMILES string of the molecule is CC(=O)c1ccc2c(c1)CCN2CCC(O)c1ccc(Cl)cc1. The topological polar surface area (TPSA) is 40.5 Å². The Morgan fingerprint density at radius 1 is 1.26 bits per heavy atom. The Labute approximate surface area is 141 Å². The van der Waals surface area contributed by atoms with E-state index in [0.717, 1.165) is 30.6 Å². The highest BCUT2D eigenvalue weighted by Crippen LogP contribution is 2.30. The number of benzene rings is 2. The maximum Gasteiger partial charge on any atom is 0.159 e. The maximum absolute atomic E-state index is 11.5. The summed E-state index contributed by atoms with van der Waals surface area (Å²) in [6.45, 7) is 3.32. The number of aliphatic hydroxyl groups is 1. The van der Waals surface area contributed by atoms with Crippen molar-refractivity contribution in [3.63, 3.8) is 0 Å². The minimum Gasteiger partial charge on any atom is -0.388 e. The van der Waals surface area contributed by atoms with Crippen LogP contribution < -0.4 is 4.90 Å². The monoisotopic (exact) mass is 329 g/mol. The molecule has 3 rings (SSSR count). The second-order valence-corrected chi connectivity index (χ2v) is 6.43. The Kier molecular flexibility index (Phi) is 4.69. The molecule has 120 valence electrons. The molecule has 0 fully saturated rings. The summed E-state index contributed by atoms with van der Waals surface area (Å²) < 4.78 is 0. The van der Waals surface area contributed by atoms with E-state index in [-0.39, 0.29) is 5.78 Å². The summed E-state index contributed by atoms with van der Waals surface area (Å²) in [5.74, 6) is 0.101. The molecule has 2 aromatic carbocycles. The lowest BCUT2D eigenvalue weighted by molar-refractivity contribution is 0.101. The molecule has 1 heterocycles. The summed E-state index contributed by atoms with van der Waals surface area (Å²) in [6, 6.07) is 13.2. The van der Waals surface area contributed by atoms with Crippen molar-refractivity contribution in [2.45, 2.75) is 25.9 Å². The van der Waals surface area contributed by atoms with E-state index in [2.05, 4.69) is 4.90 Å². The van der Waals surface area contributed by atoms with Gasteiger partial charge in [-0.25, -0.2) is 0 Å². The molecule has 0 aliphatic carbocycles. The Morgan fingerprint density at radius 3 is 2.70 bits per heavy atom. The molecular formula is C19H20ClNO2. The minimum atomic E-state index is -0.493. The molecule has 0 saturated carbocycles. The summed E-state index contributed by atoms with van der Waals surface area (Å²) in [7, 11) is 0. The molecule has 0 amide bonds. The average Bonchev–Trinajstić information content (AvgIpc) is 2.95. The van der Waals surface area contributed by atoms with Crippen LogP contribution in [0.15, 0.2) is 42.5 Å². The van der Waals surface area contributed by atoms with Gasteiger partial charge in [0.2, 0.25) is 0 Å². The molecule has 1 atom stereocenters. The van der Waals surface area contributed by atoms with Gasteiger partial charge in [-0.05, 0) is 61.2 Å². The fourth-order valence-electron chi connectivity index (χ4n) is 3.05. The molecule has 0 aromatic heterocycles. The molecule has 1 aliphatic heterocycles. The van der Waals surface area contributed by atoms with Gasteiger partial charge in [0.25, 0.3) is 0 Å². The summed E-state index contributed by atoms with van der Waals surface area (Å²) >= 11 is 5.87. The highest BCUT2D eigenvalue weighted by atomic mass is 35.5. The molecule has 2 aromatic rings. The number of ketones is 1. The molecule has 0 spiro atoms. The first-order chi connectivity index (χ1) is 11.0. The zero-order chi connectivity index (χ0) is 16.4. The summed E-state index contributed by atoms with van der Waals surface area (Å²) in [5.41, 5.74) is 4.06. The molecule has 1 N–H and O–H groups in total. The van der Waals surface area contributed by atoms with Crippen molar-refractivity contribution in [1.29, 1.82) is 0 Å². The zero-order valence-corrected chi connectivity index (χ0v) is 13.9. The predicted molar refractivity (Wildman–Crippen MR) is 93.4 cm³/mol. The van der Waals surface area contributed by atoms with Crippen LogP contribution in [0, 0.1) is 0 Å². The Bertz CT molecular complexity index is 712. The van der Waals surface area contributed by atoms with Crippen molar-refractivity contribution in [3.8, 4) is 0 Å². The zero-order valence-electron chi connectivity index (χ0n) is 13.1. The van der Waals surface area contributed by atoms with Crippen LogP contribution in [0.4, 0.5) is 5.69 Å². The number of anilines is 1. The van der Waals surface area contributed by atoms with Gasteiger partial charge in [0, 0.05) is 29.4 Å². The first-order valence-corrected chi connectivity index (χ1v) is 8.25. The molecule has 0 radical (unpaired) electrons. The molecule has 4 heteroatoms. The Hall–Kier alpha value is -1.84. The number of carbonyl (C=O) groups is 1. The van der Waals surface area contributed by atoms with Crippen LogP contribution in [0.5, 0.6) is 0 Å². The number of aliphatic hydroxyl groups excluding tert-OH is 1. The molecule has 0 bridgehead atoms. The van der Waals surface area contributed by atoms with Crippen LogP contribution in [0.2, 0.25) is 5.02 Å². The highest BCUT2D eigenvalue weighted by Gasteiger charge is 2.20. The van der Waals surface area contributed by atoms with Gasteiger partial charge in [-0.3, -0.25) is 4.79 Å². The molecule has 1 unspecified atom stereocenters. The number of carbonyl (C=O) groups excluding carboxylic acids is 1. The Balaban J connectivity index is 1.64. The molecule has 3 nitrogen and oxygen atoms in total. The summed E-state index contributed by atoms with van der Waals surface area (Å²) in [5, 5.41) is 11.0. The second-order valence-electron chi connectivity index (χ2n) is 5.99. The number of nitrogens with zero attached hydrogens (tertiary/aromatic N) is 1. The van der Waals surface area contributed by atoms with Crippen LogP contribution in [0.1, 0.15) is 40.9 Å². The molecular weight excluding hydrogens is 310 g/mol. The van der Waals surface area contributed by atoms with Crippen molar-refractivity contribution in [1.82, 2.24) is 0 Å². The predicted octanol–water partition coefficient (Wildman–Crippen LogP) is 4.03. The van der Waals surface area contributed by atoms with Crippen LogP contribution in [-0.2, 0) is 6.42 Å². The number of rotatable bonds is 5. The van der Waals surface area contributed by atoms with Crippen molar-refractivity contribution in [3.05, 3.63) is 64.2 Å². The molecule has 1 aliphatic rings. The fraction of sp³-hybridized carbons (Fsp3) is 0.316. The van der Waals surface area contributed by atoms with E-state index in [4.69, 9.17) is 11.6 Å². The van der Waals surface area contributed by atoms with E-state index >= 15 is 0 Å². The van der Waals surface area contributed by atoms with E-state index in [1.807, 2.05) is 30.3 Å². The van der Waals surface area contributed by atoms with E-state index in [9.17, 15) is 9.90 Å². The number of Topliss-reactive ketones (excluding diaryl/α,β-unsaturated/α-hetero) is 1. The standard InChI is InChI=1S/C19H20ClNO2/c1-13(22)15-4-7-18-16(12-15)8-10-21(18)11-9-19(23)14-2-5-17(20)6-3-14/h2-7,12,19,23H,8-11H2,1H3. The lowest BCUT2D eigenvalue weighted by atomic mass is 10.1. The lowest BCUT2D eigenvalue weighted by Gasteiger charge is -2.21. The highest BCUT2D eigenvalue weighted by molar-refractivity contribution is 6.30. The first kappa shape index (κ1) is 16.0. The van der Waals surface area contributed by atoms with Crippen LogP contribution in [-0.4, -0.2) is 24.0 Å². The largest absolute Gasteiger partial charge is 0.388 e. The van der Waals surface area contributed by atoms with Crippen molar-refractivity contribution in [2.24, 2.45) is 0 Å². The molecule has 23 heavy (non-hydrogen) atoms. The summed E-state index contributed by atoms with van der Waals surface area (Å²) in [4.78, 5) is 13.7. The summed E-state index contributed by atoms with van der Waals surface area (Å²) in [6.07, 6.45) is 1.12. The van der Waals surface area contributed by atoms with E-state index in [0.29, 0.717) is 11.4 Å². The smallest absolute Gasteiger partial charge is 0.159 e. The van der Waals surface area contributed by atoms with Crippen molar-refractivity contribution in [2.75, 3.05) is 18.0 Å². The van der Waals surface area contributed by atoms with E-state index < -0.39 is 6.10 Å². The maximum atomic E-state index is 11.5. The van der Waals surface area contributed by atoms with Gasteiger partial charge < -0.3 is 10.0 Å². The quantitative estimate of drug-likeness (QED) is 0.842. The first-order valence-electron chi connectivity index (χ1n) is 7.87. The third kappa shape index (κ3) is 3.57. The third-order valence-corrected chi connectivity index (χ3v) is 4.66. The lowest BCUT2D eigenvalue weighted by Crippen LogP contribution is -2.23. The number of hydrogen-bond acceptors (Lipinski definition) is 3. The van der Waals surface area contributed by atoms with Gasteiger partial charge in [0.15, 0.2) is 5.78 Å².